The van der Waals surface area contributed by atoms with Crippen molar-refractivity contribution in [2.45, 2.75) is 44.8 Å². The fraction of sp³-hybridized carbons (Fsp3) is 0.826. The number of cyclic esters (lactones) is 1. The minimum Gasteiger partial charge on any atom is -0.466 e. The Kier molecular flexibility index (Phi) is 9.14. The number of likely N-dealkylation sites (N-methyl/N-ethyl adjacent to an activating group) is 1. The second kappa shape index (κ2) is 11.8. The van der Waals surface area contributed by atoms with E-state index in [0.717, 1.165) is 32.7 Å². The first kappa shape index (κ1) is 25.5. The van der Waals surface area contributed by atoms with Gasteiger partial charge in [-0.25, -0.2) is 9.59 Å². The van der Waals surface area contributed by atoms with E-state index in [1.165, 1.54) is 0 Å². The third-order valence-electron chi connectivity index (χ3n) is 6.82. The number of ether oxygens (including phenoxy) is 3. The van der Waals surface area contributed by atoms with Crippen molar-refractivity contribution in [3.63, 3.8) is 0 Å². The van der Waals surface area contributed by atoms with E-state index >= 15 is 0 Å². The van der Waals surface area contributed by atoms with Crippen LogP contribution in [0.25, 0.3) is 0 Å². The molecule has 3 saturated heterocycles. The molecular formula is C23H38N4O6. The van der Waals surface area contributed by atoms with Crippen LogP contribution in [0.1, 0.15) is 33.1 Å². The number of likely N-dealkylation sites (tertiary alicyclic amines) is 1. The number of rotatable bonds is 10. The molecular weight excluding hydrogens is 428 g/mol. The second-order valence-electron chi connectivity index (χ2n) is 9.04. The first-order valence-electron chi connectivity index (χ1n) is 12.1. The van der Waals surface area contributed by atoms with Gasteiger partial charge in [-0.1, -0.05) is 0 Å². The molecule has 10 heteroatoms. The number of carbonyl (C=O) groups excluding carboxylic acids is 3. The zero-order valence-electron chi connectivity index (χ0n) is 20.2. The predicted molar refractivity (Wildman–Crippen MR) is 121 cm³/mol. The van der Waals surface area contributed by atoms with Gasteiger partial charge in [0.1, 0.15) is 11.6 Å². The largest absolute Gasteiger partial charge is 0.466 e. The molecule has 1 unspecified atom stereocenters. The summed E-state index contributed by atoms with van der Waals surface area (Å²) in [6.07, 6.45) is 0.357. The maximum atomic E-state index is 12.4. The minimum absolute atomic E-state index is 0.196. The lowest BCUT2D eigenvalue weighted by molar-refractivity contribution is -0.155. The molecule has 3 aliphatic heterocycles. The molecule has 1 amide bonds. The van der Waals surface area contributed by atoms with Crippen LogP contribution in [0.4, 0.5) is 4.79 Å². The van der Waals surface area contributed by atoms with Crippen molar-refractivity contribution in [1.82, 2.24) is 19.6 Å². The molecule has 3 fully saturated rings. The van der Waals surface area contributed by atoms with Crippen LogP contribution in [0.5, 0.6) is 0 Å². The molecule has 33 heavy (non-hydrogen) atoms. The number of hydrogen-bond acceptors (Lipinski definition) is 9. The van der Waals surface area contributed by atoms with Crippen LogP contribution in [0.3, 0.4) is 0 Å². The van der Waals surface area contributed by atoms with Crippen LogP contribution in [0.15, 0.2) is 5.70 Å². The molecule has 1 atom stereocenters. The third kappa shape index (κ3) is 6.69. The van der Waals surface area contributed by atoms with Crippen molar-refractivity contribution in [2.24, 2.45) is 0 Å². The Morgan fingerprint density at radius 2 is 1.79 bits per heavy atom. The van der Waals surface area contributed by atoms with Crippen molar-refractivity contribution in [3.8, 4) is 0 Å². The maximum absolute atomic E-state index is 12.4. The summed E-state index contributed by atoms with van der Waals surface area (Å²) in [5.74, 6) is 1.75. The molecule has 0 aromatic rings. The number of hydrogen-bond donors (Lipinski definition) is 0. The minimum atomic E-state index is -0.618. The molecule has 0 radical (unpaired) electrons. The van der Waals surface area contributed by atoms with Gasteiger partial charge in [0.05, 0.1) is 25.2 Å². The van der Waals surface area contributed by atoms with E-state index in [2.05, 4.69) is 16.8 Å². The number of carbonyl (C=O) groups is 2. The van der Waals surface area contributed by atoms with Crippen molar-refractivity contribution in [1.29, 1.82) is 0 Å². The Morgan fingerprint density at radius 3 is 2.39 bits per heavy atom. The topological polar surface area (TPSA) is 91.9 Å². The van der Waals surface area contributed by atoms with Gasteiger partial charge in [-0.05, 0) is 33.7 Å². The summed E-state index contributed by atoms with van der Waals surface area (Å²) in [4.78, 5) is 44.6. The lowest BCUT2D eigenvalue weighted by Crippen LogP contribution is -2.49. The van der Waals surface area contributed by atoms with Crippen molar-refractivity contribution >= 4 is 18.0 Å². The summed E-state index contributed by atoms with van der Waals surface area (Å²) in [6.45, 7) is 11.3. The molecule has 0 aromatic carbocycles. The highest BCUT2D eigenvalue weighted by Crippen LogP contribution is 2.33. The predicted octanol–water partition coefficient (Wildman–Crippen LogP) is 0.594. The standard InChI is InChI=1S/C23H38N4O6/c1-4-31-21(29)16-23(32-5-2)6-8-26(9-7-23)19(18-28)20-17-27(22(30)33-20)15-14-25-12-10-24(3)11-13-25/h20H,4-17H2,1-3H3. The average molecular weight is 467 g/mol. The molecule has 0 spiro atoms. The Balaban J connectivity index is 1.53. The molecule has 0 bridgehead atoms. The quantitative estimate of drug-likeness (QED) is 0.339. The smallest absolute Gasteiger partial charge is 0.410 e. The molecule has 0 N–H and O–H groups in total. The summed E-state index contributed by atoms with van der Waals surface area (Å²) < 4.78 is 16.6. The lowest BCUT2D eigenvalue weighted by atomic mass is 9.87. The van der Waals surface area contributed by atoms with Gasteiger partial charge in [-0.15, -0.1) is 0 Å². The van der Waals surface area contributed by atoms with Gasteiger partial charge < -0.3 is 28.9 Å². The van der Waals surface area contributed by atoms with E-state index in [-0.39, 0.29) is 18.5 Å². The van der Waals surface area contributed by atoms with Crippen LogP contribution < -0.4 is 0 Å². The van der Waals surface area contributed by atoms with Crippen LogP contribution in [0, 0.1) is 0 Å². The van der Waals surface area contributed by atoms with Crippen LogP contribution in [-0.2, 0) is 23.8 Å². The van der Waals surface area contributed by atoms with E-state index < -0.39 is 11.7 Å². The highest BCUT2D eigenvalue weighted by molar-refractivity contribution is 5.72. The van der Waals surface area contributed by atoms with Gasteiger partial charge in [-0.2, -0.15) is 0 Å². The summed E-state index contributed by atoms with van der Waals surface area (Å²) >= 11 is 0. The van der Waals surface area contributed by atoms with Gasteiger partial charge >= 0.3 is 12.1 Å². The SMILES string of the molecule is CCOC(=O)CC1(OCC)CCN(C(=C=O)C2CN(CCN3CCN(C)CC3)C(=O)O2)CC1. The first-order chi connectivity index (χ1) is 15.9. The maximum Gasteiger partial charge on any atom is 0.410 e. The fourth-order valence-corrected chi connectivity index (χ4v) is 4.81. The van der Waals surface area contributed by atoms with Gasteiger partial charge in [0.2, 0.25) is 0 Å². The summed E-state index contributed by atoms with van der Waals surface area (Å²) in [6, 6.07) is 0. The van der Waals surface area contributed by atoms with Crippen LogP contribution in [0.2, 0.25) is 0 Å². The van der Waals surface area contributed by atoms with Gasteiger partial charge in [-0.3, -0.25) is 9.69 Å². The Morgan fingerprint density at radius 1 is 1.09 bits per heavy atom. The molecule has 3 rings (SSSR count). The lowest BCUT2D eigenvalue weighted by Gasteiger charge is -2.42. The number of piperazine rings is 1. The zero-order valence-corrected chi connectivity index (χ0v) is 20.2. The first-order valence-corrected chi connectivity index (χ1v) is 12.1. The molecule has 3 heterocycles. The van der Waals surface area contributed by atoms with Gasteiger partial charge in [0.15, 0.2) is 6.10 Å². The molecule has 0 saturated carbocycles. The molecule has 186 valence electrons. The number of nitrogens with zero attached hydrogens (tertiary/aromatic N) is 4. The number of piperidine rings is 1. The van der Waals surface area contributed by atoms with Crippen molar-refractivity contribution in [3.05, 3.63) is 5.70 Å². The van der Waals surface area contributed by atoms with Crippen molar-refractivity contribution in [2.75, 3.05) is 79.2 Å². The van der Waals surface area contributed by atoms with E-state index in [4.69, 9.17) is 14.2 Å². The summed E-state index contributed by atoms with van der Waals surface area (Å²) in [5.41, 5.74) is -0.224. The Labute approximate surface area is 196 Å². The summed E-state index contributed by atoms with van der Waals surface area (Å²) in [7, 11) is 2.11. The van der Waals surface area contributed by atoms with Crippen LogP contribution in [-0.4, -0.2) is 128 Å². The van der Waals surface area contributed by atoms with E-state index in [1.54, 1.807) is 11.8 Å². The normalized spacial score (nSPS) is 23.8. The monoisotopic (exact) mass is 466 g/mol. The number of esters is 1. The molecule has 0 aromatic heterocycles. The van der Waals surface area contributed by atoms with Crippen LogP contribution >= 0.6 is 0 Å². The third-order valence-corrected chi connectivity index (χ3v) is 6.82. The molecule has 0 aliphatic carbocycles. The van der Waals surface area contributed by atoms with E-state index in [1.807, 2.05) is 17.8 Å². The fourth-order valence-electron chi connectivity index (χ4n) is 4.81. The second-order valence-corrected chi connectivity index (χ2v) is 9.04. The van der Waals surface area contributed by atoms with Gasteiger partial charge in [0.25, 0.3) is 0 Å². The summed E-state index contributed by atoms with van der Waals surface area (Å²) in [5, 5.41) is 0. The zero-order chi connectivity index (χ0) is 23.8. The van der Waals surface area contributed by atoms with E-state index in [0.29, 0.717) is 57.9 Å². The Hall–Kier alpha value is -2.13. The number of amides is 1. The van der Waals surface area contributed by atoms with E-state index in [9.17, 15) is 14.4 Å². The average Bonchev–Trinajstić information content (AvgIpc) is 3.15. The highest BCUT2D eigenvalue weighted by Gasteiger charge is 2.42. The molecule has 10 nitrogen and oxygen atoms in total. The Bertz CT molecular complexity index is 724. The highest BCUT2D eigenvalue weighted by atomic mass is 16.6. The van der Waals surface area contributed by atoms with Gasteiger partial charge in [0, 0.05) is 59.0 Å². The van der Waals surface area contributed by atoms with Crippen molar-refractivity contribution < 1.29 is 28.6 Å². The molecule has 3 aliphatic rings.